The van der Waals surface area contributed by atoms with Crippen LogP contribution in [0.1, 0.15) is 39.9 Å². The minimum absolute atomic E-state index is 0.140. The van der Waals surface area contributed by atoms with Crippen LogP contribution in [0.5, 0.6) is 28.7 Å². The van der Waals surface area contributed by atoms with Gasteiger partial charge >= 0.3 is 0 Å². The number of fused-ring (bicyclic) bond motifs is 2. The van der Waals surface area contributed by atoms with Crippen molar-refractivity contribution in [1.82, 2.24) is 10.2 Å². The number of hydrogen-bond acceptors (Lipinski definition) is 8. The number of benzene rings is 3. The van der Waals surface area contributed by atoms with E-state index >= 15 is 0 Å². The fourth-order valence-corrected chi connectivity index (χ4v) is 6.21. The second-order valence-corrected chi connectivity index (χ2v) is 10.4. The molecular formula is C32H38N2O7. The van der Waals surface area contributed by atoms with Crippen LogP contribution in [0.2, 0.25) is 0 Å². The SMILES string of the molecule is COc1ccc(CC2c3cc(OC)c(OC)c(OC)c3CCN2CC(=O)N[C@@H]2c3ccccc3C[C@@H]2O)cc1OC. The van der Waals surface area contributed by atoms with Gasteiger partial charge < -0.3 is 34.1 Å². The van der Waals surface area contributed by atoms with Gasteiger partial charge in [-0.2, -0.15) is 0 Å². The van der Waals surface area contributed by atoms with E-state index in [0.29, 0.717) is 54.6 Å². The Morgan fingerprint density at radius 2 is 1.61 bits per heavy atom. The molecule has 0 radical (unpaired) electrons. The summed E-state index contributed by atoms with van der Waals surface area (Å²) in [5.74, 6) is 2.92. The maximum Gasteiger partial charge on any atom is 0.234 e. The molecule has 0 spiro atoms. The predicted molar refractivity (Wildman–Crippen MR) is 154 cm³/mol. The zero-order valence-corrected chi connectivity index (χ0v) is 24.2. The first-order valence-electron chi connectivity index (χ1n) is 13.7. The molecule has 1 aliphatic heterocycles. The monoisotopic (exact) mass is 562 g/mol. The normalized spacial score (nSPS) is 19.6. The molecule has 1 aliphatic carbocycles. The molecule has 3 aromatic carbocycles. The number of nitrogens with zero attached hydrogens (tertiary/aromatic N) is 1. The van der Waals surface area contributed by atoms with Crippen molar-refractivity contribution in [1.29, 1.82) is 0 Å². The highest BCUT2D eigenvalue weighted by Gasteiger charge is 2.36. The van der Waals surface area contributed by atoms with Crippen molar-refractivity contribution in [3.63, 3.8) is 0 Å². The van der Waals surface area contributed by atoms with Crippen LogP contribution in [0.4, 0.5) is 0 Å². The van der Waals surface area contributed by atoms with E-state index in [0.717, 1.165) is 27.8 Å². The summed E-state index contributed by atoms with van der Waals surface area (Å²) in [5.41, 5.74) is 5.12. The lowest BCUT2D eigenvalue weighted by Gasteiger charge is -2.38. The quantitative estimate of drug-likeness (QED) is 0.387. The summed E-state index contributed by atoms with van der Waals surface area (Å²) in [5, 5.41) is 13.8. The highest BCUT2D eigenvalue weighted by Crippen LogP contribution is 2.47. The Hall–Kier alpha value is -3.95. The van der Waals surface area contributed by atoms with Gasteiger partial charge in [0.1, 0.15) is 0 Å². The van der Waals surface area contributed by atoms with Crippen LogP contribution in [0.15, 0.2) is 48.5 Å². The van der Waals surface area contributed by atoms with Gasteiger partial charge in [0.25, 0.3) is 0 Å². The molecule has 5 rings (SSSR count). The van der Waals surface area contributed by atoms with E-state index in [-0.39, 0.29) is 18.5 Å². The Labute approximate surface area is 240 Å². The minimum Gasteiger partial charge on any atom is -0.493 e. The van der Waals surface area contributed by atoms with E-state index in [9.17, 15) is 9.90 Å². The lowest BCUT2D eigenvalue weighted by Crippen LogP contribution is -2.45. The van der Waals surface area contributed by atoms with E-state index in [2.05, 4.69) is 10.2 Å². The molecule has 1 unspecified atom stereocenters. The first-order valence-corrected chi connectivity index (χ1v) is 13.7. The van der Waals surface area contributed by atoms with Crippen LogP contribution < -0.4 is 29.0 Å². The van der Waals surface area contributed by atoms with E-state index in [1.165, 1.54) is 0 Å². The Balaban J connectivity index is 1.48. The summed E-state index contributed by atoms with van der Waals surface area (Å²) in [6.45, 7) is 0.799. The molecule has 3 atom stereocenters. The molecule has 1 amide bonds. The Bertz CT molecular complexity index is 1410. The van der Waals surface area contributed by atoms with Gasteiger partial charge in [0.2, 0.25) is 11.7 Å². The van der Waals surface area contributed by atoms with Crippen molar-refractivity contribution in [2.24, 2.45) is 0 Å². The van der Waals surface area contributed by atoms with Crippen molar-refractivity contribution in [2.45, 2.75) is 37.5 Å². The van der Waals surface area contributed by atoms with Crippen LogP contribution in [-0.4, -0.2) is 70.7 Å². The first-order chi connectivity index (χ1) is 19.9. The van der Waals surface area contributed by atoms with Crippen molar-refractivity contribution in [3.8, 4) is 28.7 Å². The standard InChI is InChI=1S/C32H38N2O7/c1-37-26-11-10-19(15-27(26)38-2)14-24-23-17-28(39-3)32(41-5)31(40-4)22(23)12-13-34(24)18-29(36)33-30-21-9-7-6-8-20(21)16-25(30)35/h6-11,15,17,24-25,30,35H,12-14,16,18H2,1-5H3,(H,33,36)/t24?,25-,30+/m0/s1. The molecule has 2 N–H and O–H groups in total. The molecule has 3 aromatic rings. The van der Waals surface area contributed by atoms with Crippen molar-refractivity contribution >= 4 is 5.91 Å². The van der Waals surface area contributed by atoms with Gasteiger partial charge in [0.05, 0.1) is 54.2 Å². The number of carbonyl (C=O) groups is 1. The molecule has 1 heterocycles. The smallest absolute Gasteiger partial charge is 0.234 e. The van der Waals surface area contributed by atoms with Crippen LogP contribution in [0, 0.1) is 0 Å². The fourth-order valence-electron chi connectivity index (χ4n) is 6.21. The van der Waals surface area contributed by atoms with Gasteiger partial charge in [0.15, 0.2) is 23.0 Å². The molecule has 0 aromatic heterocycles. The van der Waals surface area contributed by atoms with Crippen molar-refractivity contribution in [3.05, 3.63) is 76.3 Å². The van der Waals surface area contributed by atoms with Crippen LogP contribution in [-0.2, 0) is 24.1 Å². The summed E-state index contributed by atoms with van der Waals surface area (Å²) >= 11 is 0. The van der Waals surface area contributed by atoms with E-state index < -0.39 is 12.1 Å². The molecule has 9 heteroatoms. The number of methoxy groups -OCH3 is 5. The third kappa shape index (κ3) is 5.52. The molecule has 218 valence electrons. The number of rotatable bonds is 10. The number of amides is 1. The number of aliphatic hydroxyl groups is 1. The highest BCUT2D eigenvalue weighted by molar-refractivity contribution is 5.79. The third-order valence-electron chi connectivity index (χ3n) is 8.16. The Morgan fingerprint density at radius 3 is 2.32 bits per heavy atom. The van der Waals surface area contributed by atoms with Gasteiger partial charge in [-0.3, -0.25) is 9.69 Å². The zero-order valence-electron chi connectivity index (χ0n) is 24.2. The molecule has 0 bridgehead atoms. The highest BCUT2D eigenvalue weighted by atomic mass is 16.5. The topological polar surface area (TPSA) is 98.7 Å². The second kappa shape index (κ2) is 12.3. The molecule has 0 saturated heterocycles. The summed E-state index contributed by atoms with van der Waals surface area (Å²) in [6, 6.07) is 15.1. The third-order valence-corrected chi connectivity index (χ3v) is 8.16. The maximum absolute atomic E-state index is 13.5. The van der Waals surface area contributed by atoms with E-state index in [1.54, 1.807) is 35.5 Å². The van der Waals surface area contributed by atoms with E-state index in [4.69, 9.17) is 23.7 Å². The Kier molecular flexibility index (Phi) is 8.56. The zero-order chi connectivity index (χ0) is 29.1. The van der Waals surface area contributed by atoms with Crippen LogP contribution in [0.25, 0.3) is 0 Å². The van der Waals surface area contributed by atoms with Gasteiger partial charge in [-0.25, -0.2) is 0 Å². The number of aliphatic hydroxyl groups excluding tert-OH is 1. The van der Waals surface area contributed by atoms with Gasteiger partial charge in [0, 0.05) is 24.6 Å². The maximum atomic E-state index is 13.5. The lowest BCUT2D eigenvalue weighted by atomic mass is 9.87. The lowest BCUT2D eigenvalue weighted by molar-refractivity contribution is -0.124. The summed E-state index contributed by atoms with van der Waals surface area (Å²) in [4.78, 5) is 15.7. The molecule has 0 saturated carbocycles. The second-order valence-electron chi connectivity index (χ2n) is 10.4. The summed E-state index contributed by atoms with van der Waals surface area (Å²) < 4.78 is 28.2. The average Bonchev–Trinajstić information content (AvgIpc) is 3.31. The summed E-state index contributed by atoms with van der Waals surface area (Å²) in [7, 11) is 8.06. The van der Waals surface area contributed by atoms with Gasteiger partial charge in [-0.1, -0.05) is 30.3 Å². The molecule has 9 nitrogen and oxygen atoms in total. The van der Waals surface area contributed by atoms with Crippen LogP contribution >= 0.6 is 0 Å². The minimum atomic E-state index is -0.651. The molecular weight excluding hydrogens is 524 g/mol. The number of hydrogen-bond donors (Lipinski definition) is 2. The number of nitrogens with one attached hydrogen (secondary N) is 1. The number of carbonyl (C=O) groups excluding carboxylic acids is 1. The predicted octanol–water partition coefficient (Wildman–Crippen LogP) is 3.65. The molecule has 2 aliphatic rings. The van der Waals surface area contributed by atoms with Crippen LogP contribution in [0.3, 0.4) is 0 Å². The summed E-state index contributed by atoms with van der Waals surface area (Å²) in [6.07, 6.45) is 1.15. The molecule has 41 heavy (non-hydrogen) atoms. The van der Waals surface area contributed by atoms with Crippen molar-refractivity contribution in [2.75, 3.05) is 48.6 Å². The molecule has 0 fully saturated rings. The first kappa shape index (κ1) is 28.6. The van der Waals surface area contributed by atoms with Gasteiger partial charge in [-0.15, -0.1) is 0 Å². The average molecular weight is 563 g/mol. The van der Waals surface area contributed by atoms with E-state index in [1.807, 2.05) is 48.5 Å². The van der Waals surface area contributed by atoms with Gasteiger partial charge in [-0.05, 0) is 53.3 Å². The van der Waals surface area contributed by atoms with Crippen molar-refractivity contribution < 1.29 is 33.6 Å². The fraction of sp³-hybridized carbons (Fsp3) is 0.406. The Morgan fingerprint density at radius 1 is 0.878 bits per heavy atom. The largest absolute Gasteiger partial charge is 0.493 e. The number of ether oxygens (including phenoxy) is 5.